The van der Waals surface area contributed by atoms with E-state index in [2.05, 4.69) is 0 Å². The second kappa shape index (κ2) is 6.77. The third kappa shape index (κ3) is 3.17. The fourth-order valence-electron chi connectivity index (χ4n) is 5.21. The summed E-state index contributed by atoms with van der Waals surface area (Å²) in [6, 6.07) is 0. The summed E-state index contributed by atoms with van der Waals surface area (Å²) < 4.78 is 36.8. The number of ether oxygens (including phenoxy) is 4. The van der Waals surface area contributed by atoms with Crippen LogP contribution in [0.1, 0.15) is 64.2 Å². The van der Waals surface area contributed by atoms with Gasteiger partial charge in [0, 0.05) is 25.7 Å². The van der Waals surface area contributed by atoms with E-state index in [4.69, 9.17) is 28.3 Å². The van der Waals surface area contributed by atoms with Gasteiger partial charge in [0.2, 0.25) is 0 Å². The van der Waals surface area contributed by atoms with Crippen molar-refractivity contribution in [2.45, 2.75) is 100 Å². The van der Waals surface area contributed by atoms with Gasteiger partial charge in [-0.15, -0.1) is 0 Å². The van der Waals surface area contributed by atoms with Crippen LogP contribution in [0.2, 0.25) is 0 Å². The maximum Gasteiger partial charge on any atom is 0.438 e. The molecule has 3 aliphatic heterocycles. The highest BCUT2D eigenvalue weighted by Gasteiger charge is 2.53. The first-order valence-corrected chi connectivity index (χ1v) is 10.1. The molecule has 0 radical (unpaired) electrons. The lowest BCUT2D eigenvalue weighted by molar-refractivity contribution is -0.206. The van der Waals surface area contributed by atoms with Crippen molar-refractivity contribution in [1.82, 2.24) is 0 Å². The van der Waals surface area contributed by atoms with Gasteiger partial charge in [0.05, 0.1) is 25.4 Å². The maximum atomic E-state index is 6.38. The summed E-state index contributed by atoms with van der Waals surface area (Å²) in [7, 11) is 0.301. The molecule has 6 nitrogen and oxygen atoms in total. The molecule has 7 heteroatoms. The summed E-state index contributed by atoms with van der Waals surface area (Å²) >= 11 is 0. The van der Waals surface area contributed by atoms with E-state index in [1.54, 1.807) is 0 Å². The highest BCUT2D eigenvalue weighted by atomic mass is 16.8. The van der Waals surface area contributed by atoms with Crippen LogP contribution in [0.15, 0.2) is 0 Å². The Bertz CT molecular complexity index is 434. The molecule has 3 heterocycles. The molecule has 2 aliphatic carbocycles. The number of hydrogen-bond donors (Lipinski definition) is 0. The van der Waals surface area contributed by atoms with Crippen molar-refractivity contribution in [2.75, 3.05) is 13.2 Å². The topological polar surface area (TPSA) is 55.4 Å². The van der Waals surface area contributed by atoms with Gasteiger partial charge in [0.15, 0.2) is 11.6 Å². The van der Waals surface area contributed by atoms with Crippen molar-refractivity contribution in [1.29, 1.82) is 0 Å². The van der Waals surface area contributed by atoms with E-state index < -0.39 is 0 Å². The van der Waals surface area contributed by atoms with Crippen LogP contribution < -0.4 is 0 Å². The molecule has 5 aliphatic rings. The smallest absolute Gasteiger partial charge is 0.406 e. The Labute approximate surface area is 150 Å². The third-order valence-electron chi connectivity index (χ3n) is 6.56. The first-order chi connectivity index (χ1) is 12.3. The van der Waals surface area contributed by atoms with Crippen LogP contribution in [-0.4, -0.2) is 56.9 Å². The van der Waals surface area contributed by atoms with E-state index in [0.29, 0.717) is 20.9 Å². The summed E-state index contributed by atoms with van der Waals surface area (Å²) in [5.41, 5.74) is 0. The van der Waals surface area contributed by atoms with Crippen LogP contribution >= 0.6 is 0 Å². The minimum atomic E-state index is -0.378. The van der Waals surface area contributed by atoms with E-state index >= 15 is 0 Å². The minimum Gasteiger partial charge on any atom is -0.406 e. The predicted molar refractivity (Wildman–Crippen MR) is 90.2 cm³/mol. The molecule has 25 heavy (non-hydrogen) atoms. The van der Waals surface area contributed by atoms with Crippen LogP contribution in [0.3, 0.4) is 0 Å². The molecule has 0 aromatic carbocycles. The van der Waals surface area contributed by atoms with Crippen molar-refractivity contribution in [3.05, 3.63) is 0 Å². The van der Waals surface area contributed by atoms with Crippen molar-refractivity contribution < 1.29 is 28.3 Å². The van der Waals surface area contributed by atoms with Gasteiger partial charge in [0.25, 0.3) is 0 Å². The largest absolute Gasteiger partial charge is 0.438 e. The Morgan fingerprint density at radius 2 is 1.04 bits per heavy atom. The summed E-state index contributed by atoms with van der Waals surface area (Å²) in [6.07, 6.45) is 10.8. The summed E-state index contributed by atoms with van der Waals surface area (Å²) in [6.45, 7) is 1.17. The lowest BCUT2D eigenvalue weighted by Gasteiger charge is -2.34. The second-order valence-electron chi connectivity index (χ2n) is 8.26. The molecule has 0 unspecified atom stereocenters. The molecule has 0 N–H and O–H groups in total. The Morgan fingerprint density at radius 1 is 0.600 bits per heavy atom. The van der Waals surface area contributed by atoms with E-state index in [1.807, 2.05) is 0 Å². The molecular formula is C18H29BO6. The fraction of sp³-hybridized carbons (Fsp3) is 1.00. The molecule has 0 aromatic heterocycles. The van der Waals surface area contributed by atoms with Crippen LogP contribution in [0.25, 0.3) is 0 Å². The summed E-state index contributed by atoms with van der Waals surface area (Å²) in [5.74, 6) is -0.756. The van der Waals surface area contributed by atoms with Gasteiger partial charge < -0.3 is 28.3 Å². The molecule has 140 valence electrons. The van der Waals surface area contributed by atoms with Crippen LogP contribution in [-0.2, 0) is 28.3 Å². The van der Waals surface area contributed by atoms with E-state index in [-0.39, 0.29) is 36.0 Å². The zero-order chi connectivity index (χ0) is 16.7. The predicted octanol–water partition coefficient (Wildman–Crippen LogP) is 2.19. The fourth-order valence-corrected chi connectivity index (χ4v) is 5.21. The molecule has 2 saturated carbocycles. The SMILES string of the molecule is B1O[C@H]([C@H]2COC3(CCCCC3)O2)[C@@H]([C@H]2COC3(CCCCC3)O2)O1. The normalized spacial score (nSPS) is 42.9. The zero-order valence-corrected chi connectivity index (χ0v) is 15.0. The minimum absolute atomic E-state index is 0.0721. The van der Waals surface area contributed by atoms with Crippen molar-refractivity contribution in [3.8, 4) is 0 Å². The van der Waals surface area contributed by atoms with Crippen molar-refractivity contribution in [3.63, 3.8) is 0 Å². The quantitative estimate of drug-likeness (QED) is 0.710. The lowest BCUT2D eigenvalue weighted by atomic mass is 9.94. The maximum absolute atomic E-state index is 6.38. The Morgan fingerprint density at radius 3 is 1.48 bits per heavy atom. The zero-order valence-electron chi connectivity index (χ0n) is 15.0. The van der Waals surface area contributed by atoms with Crippen molar-refractivity contribution >= 4 is 7.69 Å². The monoisotopic (exact) mass is 352 g/mol. The van der Waals surface area contributed by atoms with Gasteiger partial charge in [-0.05, 0) is 25.7 Å². The van der Waals surface area contributed by atoms with Crippen LogP contribution in [0, 0.1) is 0 Å². The molecule has 5 rings (SSSR count). The number of hydrogen-bond acceptors (Lipinski definition) is 6. The Hall–Kier alpha value is -0.175. The van der Waals surface area contributed by atoms with Crippen LogP contribution in [0.4, 0.5) is 0 Å². The molecule has 0 amide bonds. The summed E-state index contributed by atoms with van der Waals surface area (Å²) in [5, 5.41) is 0. The first-order valence-electron chi connectivity index (χ1n) is 10.1. The molecule has 5 fully saturated rings. The average Bonchev–Trinajstić information content (AvgIpc) is 3.36. The second-order valence-corrected chi connectivity index (χ2v) is 8.26. The van der Waals surface area contributed by atoms with E-state index in [0.717, 1.165) is 25.7 Å². The third-order valence-corrected chi connectivity index (χ3v) is 6.56. The van der Waals surface area contributed by atoms with Gasteiger partial charge in [-0.3, -0.25) is 0 Å². The lowest BCUT2D eigenvalue weighted by Crippen LogP contribution is -2.46. The molecule has 0 aromatic rings. The molecular weight excluding hydrogens is 323 g/mol. The van der Waals surface area contributed by atoms with Crippen LogP contribution in [0.5, 0.6) is 0 Å². The number of rotatable bonds is 2. The van der Waals surface area contributed by atoms with Gasteiger partial charge in [-0.25, -0.2) is 0 Å². The van der Waals surface area contributed by atoms with Gasteiger partial charge in [-0.1, -0.05) is 12.8 Å². The summed E-state index contributed by atoms with van der Waals surface area (Å²) in [4.78, 5) is 0. The highest BCUT2D eigenvalue weighted by molar-refractivity contribution is 6.19. The van der Waals surface area contributed by atoms with Gasteiger partial charge >= 0.3 is 7.69 Å². The molecule has 4 atom stereocenters. The molecule has 0 bridgehead atoms. The van der Waals surface area contributed by atoms with Gasteiger partial charge in [-0.2, -0.15) is 0 Å². The van der Waals surface area contributed by atoms with E-state index in [9.17, 15) is 0 Å². The standard InChI is InChI=1S/C18H29BO6/c1-3-7-17(8-4-1)20-11-13(22-17)15-16(25-19-24-15)14-12-21-18(23-14)9-5-2-6-10-18/h13-16,19H,1-12H2/t13-,14-,15-,16-/m1/s1. The van der Waals surface area contributed by atoms with Gasteiger partial charge in [0.1, 0.15) is 12.2 Å². The first kappa shape index (κ1) is 17.0. The van der Waals surface area contributed by atoms with Crippen molar-refractivity contribution in [2.24, 2.45) is 0 Å². The molecule has 3 saturated heterocycles. The average molecular weight is 352 g/mol. The highest BCUT2D eigenvalue weighted by Crippen LogP contribution is 2.43. The Kier molecular flexibility index (Phi) is 4.59. The van der Waals surface area contributed by atoms with E-state index in [1.165, 1.54) is 38.5 Å². The molecule has 2 spiro atoms. The Balaban J connectivity index is 1.24.